The molecule has 0 aliphatic heterocycles. The Kier molecular flexibility index (Phi) is 4.01. The van der Waals surface area contributed by atoms with Crippen molar-refractivity contribution in [3.8, 4) is 0 Å². The summed E-state index contributed by atoms with van der Waals surface area (Å²) in [4.78, 5) is 0. The van der Waals surface area contributed by atoms with Crippen molar-refractivity contribution in [2.24, 2.45) is 5.73 Å². The highest BCUT2D eigenvalue weighted by Gasteiger charge is 2.14. The zero-order valence-corrected chi connectivity index (χ0v) is 7.93. The van der Waals surface area contributed by atoms with E-state index in [-0.39, 0.29) is 9.33 Å². The highest BCUT2D eigenvalue weighted by molar-refractivity contribution is 8.11. The summed E-state index contributed by atoms with van der Waals surface area (Å²) in [5.74, 6) is 0. The Balaban J connectivity index is 3.47. The highest BCUT2D eigenvalue weighted by Crippen LogP contribution is 2.28. The van der Waals surface area contributed by atoms with E-state index in [0.717, 1.165) is 0 Å². The molecular formula is C6H15NS2. The molecule has 0 radical (unpaired) electrons. The molecule has 1 nitrogen and oxygen atoms in total. The Morgan fingerprint density at radius 2 is 2.00 bits per heavy atom. The molecule has 0 aromatic rings. The number of thioether (sulfide) groups is 1. The second-order valence-corrected chi connectivity index (χ2v) is 5.92. The van der Waals surface area contributed by atoms with E-state index < -0.39 is 0 Å². The number of hydrogen-bond acceptors (Lipinski definition) is 3. The van der Waals surface area contributed by atoms with Crippen LogP contribution < -0.4 is 5.73 Å². The minimum atomic E-state index is 0.282. The van der Waals surface area contributed by atoms with Gasteiger partial charge < -0.3 is 5.73 Å². The molecule has 0 rings (SSSR count). The molecule has 0 saturated carbocycles. The molecule has 9 heavy (non-hydrogen) atoms. The maximum Gasteiger partial charge on any atom is 0.0599 e. The van der Waals surface area contributed by atoms with Crippen molar-refractivity contribution in [3.63, 3.8) is 0 Å². The first-order chi connectivity index (χ1) is 3.95. The van der Waals surface area contributed by atoms with E-state index in [4.69, 9.17) is 5.73 Å². The zero-order valence-electron chi connectivity index (χ0n) is 6.22. The van der Waals surface area contributed by atoms with Crippen LogP contribution in [0.1, 0.15) is 20.8 Å². The van der Waals surface area contributed by atoms with Gasteiger partial charge in [0.05, 0.1) is 4.58 Å². The summed E-state index contributed by atoms with van der Waals surface area (Å²) in [6, 6.07) is 0. The number of thiol groups is 1. The largest absolute Gasteiger partial charge is 0.329 e. The van der Waals surface area contributed by atoms with Gasteiger partial charge in [0.25, 0.3) is 0 Å². The molecule has 0 heterocycles. The second-order valence-electron chi connectivity index (χ2n) is 2.92. The molecule has 1 atom stereocenters. The Hall–Kier alpha value is 0.660. The van der Waals surface area contributed by atoms with Gasteiger partial charge in [-0.1, -0.05) is 20.8 Å². The Morgan fingerprint density at radius 3 is 2.11 bits per heavy atom. The van der Waals surface area contributed by atoms with E-state index in [2.05, 4.69) is 33.4 Å². The van der Waals surface area contributed by atoms with Crippen LogP contribution in [0.25, 0.3) is 0 Å². The maximum atomic E-state index is 5.38. The number of nitrogens with two attached hydrogens (primary N) is 1. The summed E-state index contributed by atoms with van der Waals surface area (Å²) in [6.45, 7) is 7.13. The van der Waals surface area contributed by atoms with Gasteiger partial charge in [-0.2, -0.15) is 12.6 Å². The monoisotopic (exact) mass is 165 g/mol. The van der Waals surface area contributed by atoms with E-state index in [1.807, 2.05) is 0 Å². The fourth-order valence-corrected chi connectivity index (χ4v) is 2.32. The maximum absolute atomic E-state index is 5.38. The van der Waals surface area contributed by atoms with Crippen LogP contribution in [-0.4, -0.2) is 15.9 Å². The van der Waals surface area contributed by atoms with Gasteiger partial charge in [-0.3, -0.25) is 0 Å². The molecular weight excluding hydrogens is 150 g/mol. The molecule has 0 aromatic heterocycles. The van der Waals surface area contributed by atoms with Crippen molar-refractivity contribution in [1.29, 1.82) is 0 Å². The number of hydrogen-bond donors (Lipinski definition) is 2. The minimum absolute atomic E-state index is 0.282. The molecule has 3 heteroatoms. The van der Waals surface area contributed by atoms with Gasteiger partial charge in [0.2, 0.25) is 0 Å². The average molecular weight is 165 g/mol. The SMILES string of the molecule is CC(C)(C)SC(S)CN. The molecule has 56 valence electrons. The van der Waals surface area contributed by atoms with Crippen molar-refractivity contribution in [2.45, 2.75) is 30.1 Å². The zero-order chi connectivity index (χ0) is 7.49. The molecule has 0 amide bonds. The van der Waals surface area contributed by atoms with Crippen LogP contribution in [0.4, 0.5) is 0 Å². The molecule has 0 spiro atoms. The molecule has 2 N–H and O–H groups in total. The van der Waals surface area contributed by atoms with E-state index in [0.29, 0.717) is 6.54 Å². The minimum Gasteiger partial charge on any atom is -0.329 e. The standard InChI is InChI=1S/C6H15NS2/c1-6(2,3)9-5(8)4-7/h5,8H,4,7H2,1-3H3. The third-order valence-electron chi connectivity index (χ3n) is 0.691. The van der Waals surface area contributed by atoms with Crippen molar-refractivity contribution < 1.29 is 0 Å². The summed E-state index contributed by atoms with van der Waals surface area (Å²) < 4.78 is 0.566. The van der Waals surface area contributed by atoms with Crippen LogP contribution in [0.2, 0.25) is 0 Å². The molecule has 0 aliphatic rings. The van der Waals surface area contributed by atoms with E-state index in [1.165, 1.54) is 0 Å². The van der Waals surface area contributed by atoms with Crippen LogP contribution in [0.5, 0.6) is 0 Å². The van der Waals surface area contributed by atoms with Gasteiger partial charge in [0.1, 0.15) is 0 Å². The Labute approximate surface area is 67.2 Å². The van der Waals surface area contributed by atoms with Gasteiger partial charge in [-0.15, -0.1) is 11.8 Å². The fourth-order valence-electron chi connectivity index (χ4n) is 0.456. The van der Waals surface area contributed by atoms with Crippen LogP contribution in [0.15, 0.2) is 0 Å². The Bertz CT molecular complexity index is 77.6. The first kappa shape index (κ1) is 9.66. The van der Waals surface area contributed by atoms with Crippen molar-refractivity contribution in [2.75, 3.05) is 6.54 Å². The van der Waals surface area contributed by atoms with Crippen molar-refractivity contribution >= 4 is 24.4 Å². The summed E-state index contributed by atoms with van der Waals surface area (Å²) in [6.07, 6.45) is 0. The quantitative estimate of drug-likeness (QED) is 0.481. The van der Waals surface area contributed by atoms with Crippen molar-refractivity contribution in [3.05, 3.63) is 0 Å². The lowest BCUT2D eigenvalue weighted by molar-refractivity contribution is 0.800. The summed E-state index contributed by atoms with van der Waals surface area (Å²) in [5.41, 5.74) is 5.38. The first-order valence-corrected chi connectivity index (χ1v) is 4.41. The van der Waals surface area contributed by atoms with Crippen LogP contribution in [-0.2, 0) is 0 Å². The molecule has 0 saturated heterocycles. The lowest BCUT2D eigenvalue weighted by Crippen LogP contribution is -2.18. The second kappa shape index (κ2) is 3.74. The van der Waals surface area contributed by atoms with E-state index in [1.54, 1.807) is 11.8 Å². The van der Waals surface area contributed by atoms with Gasteiger partial charge in [0.15, 0.2) is 0 Å². The highest BCUT2D eigenvalue weighted by atomic mass is 32.2. The number of rotatable bonds is 2. The van der Waals surface area contributed by atoms with E-state index >= 15 is 0 Å². The average Bonchev–Trinajstić information content (AvgIpc) is 1.62. The summed E-state index contributed by atoms with van der Waals surface area (Å²) in [7, 11) is 0. The predicted molar refractivity (Wildman–Crippen MR) is 49.2 cm³/mol. The van der Waals surface area contributed by atoms with E-state index in [9.17, 15) is 0 Å². The smallest absolute Gasteiger partial charge is 0.0599 e. The molecule has 0 bridgehead atoms. The van der Waals surface area contributed by atoms with Gasteiger partial charge in [0, 0.05) is 11.3 Å². The van der Waals surface area contributed by atoms with Crippen molar-refractivity contribution in [1.82, 2.24) is 0 Å². The molecule has 1 unspecified atom stereocenters. The first-order valence-electron chi connectivity index (χ1n) is 3.01. The lowest BCUT2D eigenvalue weighted by Gasteiger charge is -2.20. The van der Waals surface area contributed by atoms with Crippen LogP contribution in [0.3, 0.4) is 0 Å². The van der Waals surface area contributed by atoms with Gasteiger partial charge in [-0.05, 0) is 0 Å². The summed E-state index contributed by atoms with van der Waals surface area (Å²) in [5, 5.41) is 0. The van der Waals surface area contributed by atoms with Gasteiger partial charge >= 0.3 is 0 Å². The molecule has 0 aliphatic carbocycles. The lowest BCUT2D eigenvalue weighted by atomic mass is 10.3. The van der Waals surface area contributed by atoms with Crippen LogP contribution >= 0.6 is 24.4 Å². The molecule has 0 fully saturated rings. The van der Waals surface area contributed by atoms with Gasteiger partial charge in [-0.25, -0.2) is 0 Å². The third-order valence-corrected chi connectivity index (χ3v) is 2.39. The normalized spacial score (nSPS) is 15.7. The fraction of sp³-hybridized carbons (Fsp3) is 1.00. The van der Waals surface area contributed by atoms with Crippen LogP contribution in [0, 0.1) is 0 Å². The third kappa shape index (κ3) is 6.55. The molecule has 0 aromatic carbocycles. The Morgan fingerprint density at radius 1 is 1.56 bits per heavy atom. The topological polar surface area (TPSA) is 26.0 Å². The predicted octanol–water partition coefficient (Wildman–Crippen LogP) is 1.73. The summed E-state index contributed by atoms with van der Waals surface area (Å²) >= 11 is 6.06.